The molecule has 0 aromatic heterocycles. The Balaban J connectivity index is 2.43. The molecule has 0 aliphatic carbocycles. The second kappa shape index (κ2) is 6.24. The minimum atomic E-state index is -0.499. The fourth-order valence-corrected chi connectivity index (χ4v) is 2.11. The van der Waals surface area contributed by atoms with Crippen molar-refractivity contribution in [2.45, 2.75) is 5.92 Å². The second-order valence-electron chi connectivity index (χ2n) is 4.37. The Hall–Kier alpha value is -2.29. The normalized spacial score (nSPS) is 11.8. The molecule has 0 N–H and O–H groups in total. The third-order valence-corrected chi connectivity index (χ3v) is 3.19. The van der Waals surface area contributed by atoms with E-state index in [4.69, 9.17) is 9.47 Å². The van der Waals surface area contributed by atoms with Crippen molar-refractivity contribution in [3.63, 3.8) is 0 Å². The highest BCUT2D eigenvalue weighted by Gasteiger charge is 2.24. The van der Waals surface area contributed by atoms with Crippen molar-refractivity contribution in [2.75, 3.05) is 14.2 Å². The summed E-state index contributed by atoms with van der Waals surface area (Å²) in [5.74, 6) is 0.379. The third-order valence-electron chi connectivity index (χ3n) is 3.19. The Labute approximate surface area is 119 Å². The van der Waals surface area contributed by atoms with Gasteiger partial charge in [0.15, 0.2) is 5.78 Å². The maximum atomic E-state index is 12.7. The van der Waals surface area contributed by atoms with Crippen molar-refractivity contribution in [1.82, 2.24) is 0 Å². The van der Waals surface area contributed by atoms with Crippen molar-refractivity contribution in [1.29, 1.82) is 0 Å². The lowest BCUT2D eigenvalue weighted by Gasteiger charge is -2.16. The van der Waals surface area contributed by atoms with Gasteiger partial charge in [0.25, 0.3) is 0 Å². The highest BCUT2D eigenvalue weighted by atomic mass is 16.5. The predicted octanol–water partition coefficient (Wildman–Crippen LogP) is 3.50. The van der Waals surface area contributed by atoms with Crippen molar-refractivity contribution in [3.8, 4) is 11.5 Å². The van der Waals surface area contributed by atoms with Crippen molar-refractivity contribution >= 4 is 5.78 Å². The number of benzene rings is 2. The average molecular weight is 269 g/mol. The van der Waals surface area contributed by atoms with E-state index in [1.54, 1.807) is 18.2 Å². The van der Waals surface area contributed by atoms with Crippen molar-refractivity contribution in [2.24, 2.45) is 0 Å². The minimum absolute atomic E-state index is 0.120. The van der Waals surface area contributed by atoms with E-state index < -0.39 is 5.92 Å². The van der Waals surface area contributed by atoms with Gasteiger partial charge in [0.05, 0.1) is 14.2 Å². The molecule has 1 radical (unpaired) electrons. The van der Waals surface area contributed by atoms with E-state index in [1.807, 2.05) is 30.3 Å². The summed E-state index contributed by atoms with van der Waals surface area (Å²) in [6.45, 7) is 3.97. The molecule has 0 saturated heterocycles. The fraction of sp³-hybridized carbons (Fsp3) is 0.176. The van der Waals surface area contributed by atoms with Crippen molar-refractivity contribution in [3.05, 3.63) is 66.6 Å². The molecule has 0 fully saturated rings. The van der Waals surface area contributed by atoms with E-state index >= 15 is 0 Å². The van der Waals surface area contributed by atoms with Crippen LogP contribution in [0.4, 0.5) is 0 Å². The van der Waals surface area contributed by atoms with Crippen LogP contribution in [0.5, 0.6) is 11.5 Å². The van der Waals surface area contributed by atoms with Crippen LogP contribution in [0.25, 0.3) is 0 Å². The summed E-state index contributed by atoms with van der Waals surface area (Å²) in [4.78, 5) is 12.7. The minimum Gasteiger partial charge on any atom is -0.496 e. The van der Waals surface area contributed by atoms with Gasteiger partial charge in [0.1, 0.15) is 17.1 Å². The smallest absolute Gasteiger partial charge is 0.177 e. The van der Waals surface area contributed by atoms with Crippen LogP contribution in [0, 0.1) is 6.92 Å². The van der Waals surface area contributed by atoms with Gasteiger partial charge >= 0.3 is 0 Å². The summed E-state index contributed by atoms with van der Waals surface area (Å²) in [6.07, 6.45) is 0. The van der Waals surface area contributed by atoms with Crippen LogP contribution in [0.15, 0.2) is 48.5 Å². The van der Waals surface area contributed by atoms with E-state index in [9.17, 15) is 4.79 Å². The summed E-state index contributed by atoms with van der Waals surface area (Å²) in [6, 6.07) is 14.7. The molecular weight excluding hydrogens is 252 g/mol. The first-order valence-electron chi connectivity index (χ1n) is 6.32. The van der Waals surface area contributed by atoms with Crippen LogP contribution in [-0.2, 0) is 0 Å². The number of ether oxygens (including phenoxy) is 2. The molecule has 2 rings (SSSR count). The lowest BCUT2D eigenvalue weighted by Crippen LogP contribution is -2.12. The molecule has 0 bridgehead atoms. The van der Waals surface area contributed by atoms with E-state index in [0.717, 1.165) is 5.56 Å². The van der Waals surface area contributed by atoms with Crippen LogP contribution in [0.2, 0.25) is 0 Å². The molecule has 103 valence electrons. The second-order valence-corrected chi connectivity index (χ2v) is 4.37. The van der Waals surface area contributed by atoms with Crippen LogP contribution in [0.1, 0.15) is 21.8 Å². The molecule has 0 aliphatic rings. The highest BCUT2D eigenvalue weighted by molar-refractivity contribution is 6.05. The predicted molar refractivity (Wildman–Crippen MR) is 78.4 cm³/mol. The van der Waals surface area contributed by atoms with Crippen LogP contribution < -0.4 is 9.47 Å². The summed E-state index contributed by atoms with van der Waals surface area (Å²) in [7, 11) is 3.07. The topological polar surface area (TPSA) is 35.5 Å². The Bertz CT molecular complexity index is 568. The maximum Gasteiger partial charge on any atom is 0.177 e. The molecule has 0 saturated carbocycles. The number of ketones is 1. The van der Waals surface area contributed by atoms with Gasteiger partial charge in [0, 0.05) is 5.92 Å². The van der Waals surface area contributed by atoms with Crippen LogP contribution in [-0.4, -0.2) is 20.0 Å². The quantitative estimate of drug-likeness (QED) is 0.779. The molecule has 1 atom stereocenters. The number of hydrogen-bond acceptors (Lipinski definition) is 3. The number of rotatable bonds is 5. The van der Waals surface area contributed by atoms with E-state index in [0.29, 0.717) is 17.1 Å². The van der Waals surface area contributed by atoms with Crippen molar-refractivity contribution < 1.29 is 14.3 Å². The van der Waals surface area contributed by atoms with E-state index in [2.05, 4.69) is 6.92 Å². The summed E-state index contributed by atoms with van der Waals surface area (Å²) in [5, 5.41) is 0. The Kier molecular flexibility index (Phi) is 4.41. The SMILES string of the molecule is [CH2]C(C(=O)c1c(OC)cccc1OC)c1ccccc1. The van der Waals surface area contributed by atoms with E-state index in [-0.39, 0.29) is 5.78 Å². The zero-order valence-corrected chi connectivity index (χ0v) is 11.6. The van der Waals surface area contributed by atoms with Gasteiger partial charge in [-0.05, 0) is 24.6 Å². The molecule has 0 spiro atoms. The third kappa shape index (κ3) is 2.67. The molecule has 20 heavy (non-hydrogen) atoms. The van der Waals surface area contributed by atoms with Crippen LogP contribution >= 0.6 is 0 Å². The standard InChI is InChI=1S/C17H17O3/c1-12(13-8-5-4-6-9-13)17(18)16-14(19-2)10-7-11-15(16)20-3/h4-12H,1H2,2-3H3. The van der Waals surface area contributed by atoms with Gasteiger partial charge in [-0.2, -0.15) is 0 Å². The zero-order valence-electron chi connectivity index (χ0n) is 11.6. The van der Waals surface area contributed by atoms with Gasteiger partial charge in [-0.25, -0.2) is 0 Å². The van der Waals surface area contributed by atoms with Gasteiger partial charge in [-0.3, -0.25) is 4.79 Å². The van der Waals surface area contributed by atoms with Gasteiger partial charge in [-0.15, -0.1) is 0 Å². The lowest BCUT2D eigenvalue weighted by atomic mass is 9.91. The number of carbonyl (C=O) groups excluding carboxylic acids is 1. The molecule has 3 nitrogen and oxygen atoms in total. The number of methoxy groups -OCH3 is 2. The number of Topliss-reactive ketones (excluding diaryl/α,β-unsaturated/α-hetero) is 1. The molecule has 0 heterocycles. The van der Waals surface area contributed by atoms with E-state index in [1.165, 1.54) is 14.2 Å². The van der Waals surface area contributed by atoms with Gasteiger partial charge in [0.2, 0.25) is 0 Å². The Morgan fingerprint density at radius 3 is 2.00 bits per heavy atom. The Morgan fingerprint density at radius 2 is 1.50 bits per heavy atom. The first-order chi connectivity index (χ1) is 9.69. The largest absolute Gasteiger partial charge is 0.496 e. The molecule has 2 aromatic carbocycles. The first-order valence-corrected chi connectivity index (χ1v) is 6.32. The maximum absolute atomic E-state index is 12.7. The van der Waals surface area contributed by atoms with Gasteiger partial charge < -0.3 is 9.47 Å². The fourth-order valence-electron chi connectivity index (χ4n) is 2.11. The summed E-state index contributed by atoms with van der Waals surface area (Å²) < 4.78 is 10.5. The molecule has 0 aliphatic heterocycles. The number of hydrogen-bond donors (Lipinski definition) is 0. The summed E-state index contributed by atoms with van der Waals surface area (Å²) in [5.41, 5.74) is 1.30. The van der Waals surface area contributed by atoms with Gasteiger partial charge in [-0.1, -0.05) is 36.4 Å². The molecule has 2 aromatic rings. The summed E-state index contributed by atoms with van der Waals surface area (Å²) >= 11 is 0. The molecule has 0 amide bonds. The monoisotopic (exact) mass is 269 g/mol. The Morgan fingerprint density at radius 1 is 0.950 bits per heavy atom. The lowest BCUT2D eigenvalue weighted by molar-refractivity contribution is 0.0969. The average Bonchev–Trinajstić information content (AvgIpc) is 2.53. The molecular formula is C17H17O3. The van der Waals surface area contributed by atoms with Crippen LogP contribution in [0.3, 0.4) is 0 Å². The number of carbonyl (C=O) groups is 1. The zero-order chi connectivity index (χ0) is 14.5. The highest BCUT2D eigenvalue weighted by Crippen LogP contribution is 2.33. The molecule has 1 unspecified atom stereocenters. The molecule has 3 heteroatoms. The first kappa shape index (κ1) is 14.1.